The molecule has 8 heteroatoms. The summed E-state index contributed by atoms with van der Waals surface area (Å²) in [6.07, 6.45) is 2.35. The van der Waals surface area contributed by atoms with E-state index in [1.54, 1.807) is 12.1 Å². The van der Waals surface area contributed by atoms with E-state index in [1.165, 1.54) is 16.4 Å². The number of piperidine rings is 1. The topological polar surface area (TPSA) is 84.9 Å². The standard InChI is InChI=1S/C17H22N2O5S/c1-3-17(20)18-13-6-7-19(12(2)10-13)25(21,22)14-4-5-15-16(11-14)24-9-8-23-15/h3-5,11-13H,1,6-10H2,2H3,(H,18,20). The van der Waals surface area contributed by atoms with E-state index in [9.17, 15) is 13.2 Å². The molecule has 25 heavy (non-hydrogen) atoms. The first kappa shape index (κ1) is 17.8. The molecule has 2 heterocycles. The lowest BCUT2D eigenvalue weighted by atomic mass is 10.0. The summed E-state index contributed by atoms with van der Waals surface area (Å²) in [4.78, 5) is 11.6. The third-order valence-electron chi connectivity index (χ3n) is 4.47. The molecule has 2 atom stereocenters. The number of sulfonamides is 1. The maximum absolute atomic E-state index is 13.0. The molecular weight excluding hydrogens is 344 g/mol. The van der Waals surface area contributed by atoms with Crippen molar-refractivity contribution in [3.05, 3.63) is 30.9 Å². The SMILES string of the molecule is C=CC(=O)NC1CCN(S(=O)(=O)c2ccc3c(c2)OCCO3)C(C)C1. The van der Waals surface area contributed by atoms with Crippen molar-refractivity contribution in [1.82, 2.24) is 9.62 Å². The highest BCUT2D eigenvalue weighted by Gasteiger charge is 2.35. The molecule has 2 aliphatic heterocycles. The van der Waals surface area contributed by atoms with E-state index in [1.807, 2.05) is 6.92 Å². The van der Waals surface area contributed by atoms with E-state index in [4.69, 9.17) is 9.47 Å². The molecule has 0 aromatic heterocycles. The van der Waals surface area contributed by atoms with E-state index in [-0.39, 0.29) is 22.9 Å². The third-order valence-corrected chi connectivity index (χ3v) is 6.48. The van der Waals surface area contributed by atoms with Crippen LogP contribution in [-0.4, -0.2) is 50.5 Å². The number of carbonyl (C=O) groups is 1. The zero-order chi connectivity index (χ0) is 18.0. The second-order valence-corrected chi connectivity index (χ2v) is 8.09. The molecule has 0 bridgehead atoms. The van der Waals surface area contributed by atoms with Gasteiger partial charge < -0.3 is 14.8 Å². The van der Waals surface area contributed by atoms with Gasteiger partial charge in [0, 0.05) is 24.7 Å². The fourth-order valence-corrected chi connectivity index (χ4v) is 4.89. The second-order valence-electron chi connectivity index (χ2n) is 6.20. The summed E-state index contributed by atoms with van der Waals surface area (Å²) in [6, 6.07) is 4.42. The Morgan fingerprint density at radius 1 is 1.32 bits per heavy atom. The number of nitrogens with one attached hydrogen (secondary N) is 1. The van der Waals surface area contributed by atoms with Gasteiger partial charge in [-0.25, -0.2) is 8.42 Å². The van der Waals surface area contributed by atoms with Crippen molar-refractivity contribution in [2.24, 2.45) is 0 Å². The molecule has 3 rings (SSSR count). The number of nitrogens with zero attached hydrogens (tertiary/aromatic N) is 1. The van der Waals surface area contributed by atoms with Gasteiger partial charge in [-0.2, -0.15) is 4.31 Å². The van der Waals surface area contributed by atoms with Crippen LogP contribution in [0.2, 0.25) is 0 Å². The van der Waals surface area contributed by atoms with Gasteiger partial charge in [-0.15, -0.1) is 0 Å². The first-order chi connectivity index (χ1) is 11.9. The van der Waals surface area contributed by atoms with Gasteiger partial charge in [-0.3, -0.25) is 4.79 Å². The number of hydrogen-bond donors (Lipinski definition) is 1. The Balaban J connectivity index is 1.76. The van der Waals surface area contributed by atoms with Crippen molar-refractivity contribution in [2.45, 2.75) is 36.7 Å². The van der Waals surface area contributed by atoms with E-state index in [2.05, 4.69) is 11.9 Å². The van der Waals surface area contributed by atoms with Crippen LogP contribution in [0.25, 0.3) is 0 Å². The second kappa shape index (κ2) is 7.05. The summed E-state index contributed by atoms with van der Waals surface area (Å²) in [5.41, 5.74) is 0. The Morgan fingerprint density at radius 3 is 2.72 bits per heavy atom. The zero-order valence-corrected chi connectivity index (χ0v) is 14.9. The van der Waals surface area contributed by atoms with Gasteiger partial charge in [-0.05, 0) is 38.0 Å². The summed E-state index contributed by atoms with van der Waals surface area (Å²) in [6.45, 7) is 6.49. The summed E-state index contributed by atoms with van der Waals surface area (Å²) in [5.74, 6) is 0.776. The summed E-state index contributed by atoms with van der Waals surface area (Å²) >= 11 is 0. The fraction of sp³-hybridized carbons (Fsp3) is 0.471. The van der Waals surface area contributed by atoms with Crippen LogP contribution in [0.5, 0.6) is 11.5 Å². The van der Waals surface area contributed by atoms with Crippen molar-refractivity contribution < 1.29 is 22.7 Å². The predicted octanol–water partition coefficient (Wildman–Crippen LogP) is 1.30. The number of amides is 1. The van der Waals surface area contributed by atoms with E-state index in [0.717, 1.165) is 0 Å². The maximum atomic E-state index is 13.0. The van der Waals surface area contributed by atoms with Crippen LogP contribution in [0.15, 0.2) is 35.7 Å². The van der Waals surface area contributed by atoms with Crippen LogP contribution in [0.1, 0.15) is 19.8 Å². The lowest BCUT2D eigenvalue weighted by molar-refractivity contribution is -0.117. The zero-order valence-electron chi connectivity index (χ0n) is 14.1. The van der Waals surface area contributed by atoms with Gasteiger partial charge in [0.05, 0.1) is 4.90 Å². The Hall–Kier alpha value is -2.06. The highest BCUT2D eigenvalue weighted by atomic mass is 32.2. The minimum atomic E-state index is -3.64. The fourth-order valence-electron chi connectivity index (χ4n) is 3.22. The molecular formula is C17H22N2O5S. The molecule has 1 amide bonds. The summed E-state index contributed by atoms with van der Waals surface area (Å²) in [5, 5.41) is 2.84. The average Bonchev–Trinajstić information content (AvgIpc) is 2.61. The molecule has 7 nitrogen and oxygen atoms in total. The maximum Gasteiger partial charge on any atom is 0.243 e. The number of carbonyl (C=O) groups excluding carboxylic acids is 1. The minimum absolute atomic E-state index is 0.0489. The molecule has 1 N–H and O–H groups in total. The van der Waals surface area contributed by atoms with E-state index < -0.39 is 10.0 Å². The predicted molar refractivity (Wildman–Crippen MR) is 92.1 cm³/mol. The van der Waals surface area contributed by atoms with Gasteiger partial charge in [0.2, 0.25) is 15.9 Å². The number of benzene rings is 1. The molecule has 2 unspecified atom stereocenters. The number of hydrogen-bond acceptors (Lipinski definition) is 5. The molecule has 0 spiro atoms. The van der Waals surface area contributed by atoms with Crippen LogP contribution in [0.4, 0.5) is 0 Å². The third kappa shape index (κ3) is 3.64. The molecule has 1 aromatic carbocycles. The highest BCUT2D eigenvalue weighted by molar-refractivity contribution is 7.89. The lowest BCUT2D eigenvalue weighted by Crippen LogP contribution is -2.50. The molecule has 136 valence electrons. The van der Waals surface area contributed by atoms with Crippen molar-refractivity contribution in [3.63, 3.8) is 0 Å². The number of rotatable bonds is 4. The van der Waals surface area contributed by atoms with Crippen molar-refractivity contribution in [1.29, 1.82) is 0 Å². The van der Waals surface area contributed by atoms with Gasteiger partial charge in [0.15, 0.2) is 11.5 Å². The first-order valence-electron chi connectivity index (χ1n) is 8.26. The molecule has 1 aromatic rings. The van der Waals surface area contributed by atoms with Crippen molar-refractivity contribution in [3.8, 4) is 11.5 Å². The monoisotopic (exact) mass is 366 g/mol. The Kier molecular flexibility index (Phi) is 5.01. The Bertz CT molecular complexity index is 777. The van der Waals surface area contributed by atoms with E-state index >= 15 is 0 Å². The molecule has 1 saturated heterocycles. The smallest absolute Gasteiger partial charge is 0.243 e. The van der Waals surface area contributed by atoms with Crippen LogP contribution in [0, 0.1) is 0 Å². The molecule has 0 aliphatic carbocycles. The van der Waals surface area contributed by atoms with Gasteiger partial charge in [0.1, 0.15) is 13.2 Å². The van der Waals surface area contributed by atoms with Crippen molar-refractivity contribution in [2.75, 3.05) is 19.8 Å². The van der Waals surface area contributed by atoms with Gasteiger partial charge in [0.25, 0.3) is 0 Å². The average molecular weight is 366 g/mol. The van der Waals surface area contributed by atoms with E-state index in [0.29, 0.717) is 44.1 Å². The summed E-state index contributed by atoms with van der Waals surface area (Å²) in [7, 11) is -3.64. The van der Waals surface area contributed by atoms with Crippen LogP contribution in [0.3, 0.4) is 0 Å². The summed E-state index contributed by atoms with van der Waals surface area (Å²) < 4.78 is 38.4. The van der Waals surface area contributed by atoms with Gasteiger partial charge in [-0.1, -0.05) is 6.58 Å². The Morgan fingerprint density at radius 2 is 2.04 bits per heavy atom. The largest absolute Gasteiger partial charge is 0.486 e. The van der Waals surface area contributed by atoms with Crippen LogP contribution in [-0.2, 0) is 14.8 Å². The molecule has 0 radical (unpaired) electrons. The lowest BCUT2D eigenvalue weighted by Gasteiger charge is -2.37. The van der Waals surface area contributed by atoms with Gasteiger partial charge >= 0.3 is 0 Å². The number of fused-ring (bicyclic) bond motifs is 1. The Labute approximate surface area is 147 Å². The van der Waals surface area contributed by atoms with Crippen LogP contribution >= 0.6 is 0 Å². The van der Waals surface area contributed by atoms with Crippen molar-refractivity contribution >= 4 is 15.9 Å². The molecule has 1 fully saturated rings. The minimum Gasteiger partial charge on any atom is -0.486 e. The van der Waals surface area contributed by atoms with Crippen LogP contribution < -0.4 is 14.8 Å². The molecule has 0 saturated carbocycles. The normalized spacial score (nSPS) is 23.7. The molecule has 2 aliphatic rings. The highest BCUT2D eigenvalue weighted by Crippen LogP contribution is 2.34. The quantitative estimate of drug-likeness (QED) is 0.812. The number of ether oxygens (including phenoxy) is 2. The first-order valence-corrected chi connectivity index (χ1v) is 9.70.